The van der Waals surface area contributed by atoms with E-state index in [0.717, 1.165) is 24.0 Å². The molecule has 0 radical (unpaired) electrons. The Morgan fingerprint density at radius 2 is 1.45 bits per heavy atom. The molecular formula is C39H57BClN9O8. The highest BCUT2D eigenvalue weighted by molar-refractivity contribution is 6.47. The molecule has 14 N–H and O–H groups in total. The standard InChI is InChI=1S/C39H57BClN9O8/c1-20(51)30(48-34(54)27(19-43)47-32(52)23-10-8-21(9-11-23)22-12-14-25(41)15-13-22)35(55)49-31(44)36(56)46-26(7-5-6-16-42)33(53)50-37(45)40-57-29-18-24-17-28(38(24,2)3)39(29,4)58-40/h8-15,20,24,26-31,37,51H,5-7,16-19,42-45H2,1-4H3,(H,46,56)(H,47,52)(H,48,54)(H,49,55)(H,50,53)/t20-,24+,26+,27+,28+,29?,30+,31-,37-,39+/m1/s1. The third-order valence-electron chi connectivity index (χ3n) is 12.0. The van der Waals surface area contributed by atoms with Gasteiger partial charge in [-0.05, 0) is 105 Å². The number of carbonyl (C=O) groups is 5. The molecule has 1 heterocycles. The maximum absolute atomic E-state index is 13.5. The number of nitrogens with one attached hydrogen (secondary N) is 5. The van der Waals surface area contributed by atoms with Crippen LogP contribution < -0.4 is 49.5 Å². The van der Waals surface area contributed by atoms with Gasteiger partial charge in [0.15, 0.2) is 6.17 Å². The van der Waals surface area contributed by atoms with Gasteiger partial charge in [0.25, 0.3) is 11.8 Å². The normalized spacial score (nSPS) is 24.7. The Bertz CT molecular complexity index is 1810. The summed E-state index contributed by atoms with van der Waals surface area (Å²) in [7, 11) is -0.900. The summed E-state index contributed by atoms with van der Waals surface area (Å²) in [5, 5.41) is 23.5. The van der Waals surface area contributed by atoms with Gasteiger partial charge < -0.3 is 63.9 Å². The number of benzene rings is 2. The fourth-order valence-corrected chi connectivity index (χ4v) is 8.43. The monoisotopic (exact) mass is 825 g/mol. The first-order valence-electron chi connectivity index (χ1n) is 19.7. The molecule has 2 aromatic carbocycles. The van der Waals surface area contributed by atoms with E-state index < -0.39 is 78.7 Å². The lowest BCUT2D eigenvalue weighted by molar-refractivity contribution is -0.199. The zero-order chi connectivity index (χ0) is 42.5. The van der Waals surface area contributed by atoms with Crippen molar-refractivity contribution in [1.82, 2.24) is 26.6 Å². The summed E-state index contributed by atoms with van der Waals surface area (Å²) in [5.41, 5.74) is 25.5. The molecule has 2 aromatic rings. The second kappa shape index (κ2) is 18.8. The minimum Gasteiger partial charge on any atom is -0.403 e. The Morgan fingerprint density at radius 1 is 0.828 bits per heavy atom. The van der Waals surface area contributed by atoms with Crippen molar-refractivity contribution in [2.45, 2.75) is 108 Å². The molecule has 6 rings (SSSR count). The van der Waals surface area contributed by atoms with E-state index in [-0.39, 0.29) is 36.0 Å². The van der Waals surface area contributed by atoms with E-state index in [2.05, 4.69) is 40.4 Å². The molecule has 3 saturated carbocycles. The summed E-state index contributed by atoms with van der Waals surface area (Å²) in [5.74, 6) is -3.21. The summed E-state index contributed by atoms with van der Waals surface area (Å²) >= 11 is 5.97. The second-order valence-corrected chi connectivity index (χ2v) is 16.7. The summed E-state index contributed by atoms with van der Waals surface area (Å²) in [4.78, 5) is 66.3. The summed E-state index contributed by atoms with van der Waals surface area (Å²) in [6.07, 6.45) is -0.218. The number of unbranched alkanes of at least 4 members (excludes halogenated alkanes) is 1. The van der Waals surface area contributed by atoms with Gasteiger partial charge >= 0.3 is 7.12 Å². The van der Waals surface area contributed by atoms with Crippen molar-refractivity contribution in [2.24, 2.45) is 40.2 Å². The van der Waals surface area contributed by atoms with E-state index in [1.54, 1.807) is 36.4 Å². The van der Waals surface area contributed by atoms with Gasteiger partial charge in [0.2, 0.25) is 17.7 Å². The molecule has 2 bridgehead atoms. The number of halogens is 1. The van der Waals surface area contributed by atoms with E-state index in [1.165, 1.54) is 6.92 Å². The number of hydrogen-bond acceptors (Lipinski definition) is 12. The number of amides is 5. The molecule has 4 aliphatic rings. The molecule has 4 fully saturated rings. The van der Waals surface area contributed by atoms with Crippen LogP contribution in [0.4, 0.5) is 0 Å². The van der Waals surface area contributed by atoms with Crippen LogP contribution in [0.5, 0.6) is 0 Å². The van der Waals surface area contributed by atoms with Crippen LogP contribution in [0.2, 0.25) is 5.02 Å². The van der Waals surface area contributed by atoms with Crippen LogP contribution in [0.3, 0.4) is 0 Å². The third-order valence-corrected chi connectivity index (χ3v) is 12.2. The molecule has 17 nitrogen and oxygen atoms in total. The molecule has 3 aliphatic carbocycles. The molecule has 0 spiro atoms. The number of aliphatic hydroxyl groups excluding tert-OH is 1. The maximum Gasteiger partial charge on any atom is 0.497 e. The predicted octanol–water partition coefficient (Wildman–Crippen LogP) is -0.387. The van der Waals surface area contributed by atoms with E-state index in [1.807, 2.05) is 19.1 Å². The summed E-state index contributed by atoms with van der Waals surface area (Å²) in [6, 6.07) is 8.75. The number of hydrogen-bond donors (Lipinski definition) is 10. The van der Waals surface area contributed by atoms with Gasteiger partial charge in [-0.15, -0.1) is 0 Å². The first-order chi connectivity index (χ1) is 27.4. The smallest absolute Gasteiger partial charge is 0.403 e. The van der Waals surface area contributed by atoms with Gasteiger partial charge in [0.1, 0.15) is 24.2 Å². The van der Waals surface area contributed by atoms with Crippen molar-refractivity contribution in [2.75, 3.05) is 13.1 Å². The van der Waals surface area contributed by atoms with Crippen LogP contribution in [0.25, 0.3) is 11.1 Å². The van der Waals surface area contributed by atoms with Crippen LogP contribution in [-0.4, -0.2) is 103 Å². The quantitative estimate of drug-likeness (QED) is 0.0523. The lowest BCUT2D eigenvalue weighted by Gasteiger charge is -2.64. The molecule has 1 unspecified atom stereocenters. The van der Waals surface area contributed by atoms with Gasteiger partial charge in [-0.25, -0.2) is 0 Å². The molecule has 316 valence electrons. The molecule has 10 atom stereocenters. The van der Waals surface area contributed by atoms with Gasteiger partial charge in [0, 0.05) is 17.1 Å². The average molecular weight is 826 g/mol. The molecule has 1 aliphatic heterocycles. The highest BCUT2D eigenvalue weighted by atomic mass is 35.5. The van der Waals surface area contributed by atoms with Gasteiger partial charge in [-0.1, -0.05) is 49.7 Å². The zero-order valence-corrected chi connectivity index (χ0v) is 34.1. The molecule has 19 heteroatoms. The number of rotatable bonds is 18. The van der Waals surface area contributed by atoms with Crippen LogP contribution in [0.15, 0.2) is 48.5 Å². The summed E-state index contributed by atoms with van der Waals surface area (Å²) in [6.45, 7) is 7.77. The fourth-order valence-electron chi connectivity index (χ4n) is 8.31. The molecule has 58 heavy (non-hydrogen) atoms. The van der Waals surface area contributed by atoms with Crippen LogP contribution >= 0.6 is 11.6 Å². The first kappa shape index (κ1) is 45.0. The number of nitrogens with two attached hydrogens (primary N) is 4. The van der Waals surface area contributed by atoms with E-state index in [9.17, 15) is 29.1 Å². The lowest BCUT2D eigenvalue weighted by Crippen LogP contribution is -2.65. The SMILES string of the molecule is C[C@@H](O)[C@H](NC(=O)[C@H](CN)NC(=O)c1ccc(-c2ccc(Cl)cc2)cc1)C(=O)N[C@@H](N)C(=O)N[C@@H](CCCCN)C(=O)N[C@@H](N)B1OC2C[C@@H]3C[C@@H](C3(C)C)[C@]2(C)O1. The first-order valence-corrected chi connectivity index (χ1v) is 20.1. The topological polar surface area (TPSA) is 288 Å². The average Bonchev–Trinajstić information content (AvgIpc) is 3.56. The van der Waals surface area contributed by atoms with Gasteiger partial charge in [0.05, 0.1) is 17.8 Å². The van der Waals surface area contributed by atoms with E-state index in [4.69, 9.17) is 43.8 Å². The predicted molar refractivity (Wildman–Crippen MR) is 218 cm³/mol. The highest BCUT2D eigenvalue weighted by Gasteiger charge is 2.68. The maximum atomic E-state index is 13.5. The molecular weight excluding hydrogens is 769 g/mol. The Labute approximate surface area is 343 Å². The van der Waals surface area contributed by atoms with Crippen LogP contribution in [-0.2, 0) is 28.5 Å². The van der Waals surface area contributed by atoms with Gasteiger partial charge in [-0.2, -0.15) is 0 Å². The largest absolute Gasteiger partial charge is 0.497 e. The van der Waals surface area contributed by atoms with Crippen molar-refractivity contribution < 1.29 is 38.4 Å². The minimum atomic E-state index is -1.70. The number of carbonyl (C=O) groups excluding carboxylic acids is 5. The summed E-state index contributed by atoms with van der Waals surface area (Å²) < 4.78 is 12.6. The Kier molecular flexibility index (Phi) is 14.6. The minimum absolute atomic E-state index is 0.114. The van der Waals surface area contributed by atoms with Crippen molar-refractivity contribution >= 4 is 48.3 Å². The van der Waals surface area contributed by atoms with Gasteiger partial charge in [-0.3, -0.25) is 24.0 Å². The molecule has 0 aromatic heterocycles. The third kappa shape index (κ3) is 10.00. The Hall–Kier alpha value is -4.14. The van der Waals surface area contributed by atoms with Crippen molar-refractivity contribution in [1.29, 1.82) is 0 Å². The second-order valence-electron chi connectivity index (χ2n) is 16.3. The van der Waals surface area contributed by atoms with Crippen molar-refractivity contribution in [3.8, 4) is 11.1 Å². The van der Waals surface area contributed by atoms with Crippen molar-refractivity contribution in [3.63, 3.8) is 0 Å². The Balaban J connectivity index is 1.14. The van der Waals surface area contributed by atoms with E-state index in [0.29, 0.717) is 30.3 Å². The fraction of sp³-hybridized carbons (Fsp3) is 0.564. The molecule has 5 amide bonds. The van der Waals surface area contributed by atoms with E-state index >= 15 is 0 Å². The van der Waals surface area contributed by atoms with Crippen molar-refractivity contribution in [3.05, 3.63) is 59.1 Å². The highest BCUT2D eigenvalue weighted by Crippen LogP contribution is 2.65. The molecule has 1 saturated heterocycles. The lowest BCUT2D eigenvalue weighted by atomic mass is 9.43. The number of aliphatic hydroxyl groups is 1. The Morgan fingerprint density at radius 3 is 2.03 bits per heavy atom. The van der Waals surface area contributed by atoms with Crippen LogP contribution in [0.1, 0.15) is 70.2 Å². The zero-order valence-electron chi connectivity index (χ0n) is 33.3. The van der Waals surface area contributed by atoms with Crippen LogP contribution in [0, 0.1) is 17.3 Å².